The Morgan fingerprint density at radius 1 is 1.24 bits per heavy atom. The number of pyridine rings is 1. The third-order valence-corrected chi connectivity index (χ3v) is 3.37. The molecule has 0 radical (unpaired) electrons. The minimum Gasteiger partial charge on any atom is -0.397 e. The van der Waals surface area contributed by atoms with Crippen molar-refractivity contribution in [1.82, 2.24) is 4.98 Å². The summed E-state index contributed by atoms with van der Waals surface area (Å²) in [7, 11) is 0. The topological polar surface area (TPSA) is 68.0 Å². The number of aromatic nitrogens is 1. The molecule has 4 nitrogen and oxygen atoms in total. The highest BCUT2D eigenvalue weighted by Gasteiger charge is 2.15. The van der Waals surface area contributed by atoms with Crippen molar-refractivity contribution in [3.05, 3.63) is 53.3 Å². The van der Waals surface area contributed by atoms with Gasteiger partial charge in [0.05, 0.1) is 23.3 Å². The molecule has 0 spiro atoms. The van der Waals surface area contributed by atoms with Gasteiger partial charge in [0.1, 0.15) is 0 Å². The van der Waals surface area contributed by atoms with E-state index in [-0.39, 0.29) is 11.3 Å². The average molecular weight is 283 g/mol. The van der Waals surface area contributed by atoms with Gasteiger partial charge in [0.15, 0.2) is 0 Å². The third-order valence-electron chi connectivity index (χ3n) is 3.37. The Balaban J connectivity index is 2.22. The molecule has 1 aromatic carbocycles. The summed E-state index contributed by atoms with van der Waals surface area (Å²) in [5, 5.41) is 2.82. The van der Waals surface area contributed by atoms with Crippen molar-refractivity contribution in [2.75, 3.05) is 11.1 Å². The van der Waals surface area contributed by atoms with Crippen LogP contribution in [0.25, 0.3) is 0 Å². The van der Waals surface area contributed by atoms with Crippen LogP contribution in [0, 0.1) is 6.92 Å². The van der Waals surface area contributed by atoms with Gasteiger partial charge in [-0.2, -0.15) is 0 Å². The second kappa shape index (κ2) is 5.56. The number of hydrogen-bond donors (Lipinski definition) is 2. The lowest BCUT2D eigenvalue weighted by Gasteiger charge is -2.19. The maximum atomic E-state index is 12.3. The maximum Gasteiger partial charge on any atom is 0.255 e. The highest BCUT2D eigenvalue weighted by molar-refractivity contribution is 6.04. The number of nitrogens with zero attached hydrogens (tertiary/aromatic N) is 1. The standard InChI is InChI=1S/C17H21N3O/c1-11-15(18)9-14(10-19-11)20-16(21)12-6-5-7-13(8-12)17(2,3)4/h5-10H,18H2,1-4H3,(H,20,21). The Kier molecular flexibility index (Phi) is 3.98. The number of carbonyl (C=O) groups excluding carboxylic acids is 1. The van der Waals surface area contributed by atoms with Crippen LogP contribution in [0.4, 0.5) is 11.4 Å². The number of anilines is 2. The van der Waals surface area contributed by atoms with Crippen LogP contribution in [0.2, 0.25) is 0 Å². The van der Waals surface area contributed by atoms with E-state index in [0.29, 0.717) is 16.9 Å². The Labute approximate surface area is 125 Å². The van der Waals surface area contributed by atoms with Crippen molar-refractivity contribution >= 4 is 17.3 Å². The van der Waals surface area contributed by atoms with Gasteiger partial charge in [0, 0.05) is 5.56 Å². The molecule has 21 heavy (non-hydrogen) atoms. The van der Waals surface area contributed by atoms with Gasteiger partial charge in [0.2, 0.25) is 0 Å². The zero-order valence-electron chi connectivity index (χ0n) is 12.9. The number of benzene rings is 1. The smallest absolute Gasteiger partial charge is 0.255 e. The number of nitrogen functional groups attached to an aromatic ring is 1. The molecule has 0 saturated carbocycles. The molecule has 0 aliphatic heterocycles. The fraction of sp³-hybridized carbons (Fsp3) is 0.294. The van der Waals surface area contributed by atoms with Crippen molar-refractivity contribution in [3.8, 4) is 0 Å². The van der Waals surface area contributed by atoms with E-state index in [1.54, 1.807) is 18.3 Å². The zero-order chi connectivity index (χ0) is 15.6. The number of carbonyl (C=O) groups is 1. The van der Waals surface area contributed by atoms with E-state index in [2.05, 4.69) is 31.1 Å². The zero-order valence-corrected chi connectivity index (χ0v) is 12.9. The summed E-state index contributed by atoms with van der Waals surface area (Å²) in [5.41, 5.74) is 9.48. The molecule has 2 rings (SSSR count). The molecule has 2 aromatic rings. The first-order valence-corrected chi connectivity index (χ1v) is 6.91. The molecule has 0 saturated heterocycles. The summed E-state index contributed by atoms with van der Waals surface area (Å²) in [6.07, 6.45) is 1.61. The van der Waals surface area contributed by atoms with Crippen molar-refractivity contribution in [2.45, 2.75) is 33.1 Å². The van der Waals surface area contributed by atoms with E-state index in [9.17, 15) is 4.79 Å². The first-order valence-electron chi connectivity index (χ1n) is 6.91. The van der Waals surface area contributed by atoms with Gasteiger partial charge in [-0.15, -0.1) is 0 Å². The van der Waals surface area contributed by atoms with E-state index in [4.69, 9.17) is 5.73 Å². The molecule has 110 valence electrons. The van der Waals surface area contributed by atoms with Gasteiger partial charge in [-0.1, -0.05) is 32.9 Å². The number of rotatable bonds is 2. The molecule has 4 heteroatoms. The van der Waals surface area contributed by atoms with Crippen LogP contribution in [-0.4, -0.2) is 10.9 Å². The van der Waals surface area contributed by atoms with Gasteiger partial charge in [-0.3, -0.25) is 9.78 Å². The minimum absolute atomic E-state index is 0.00608. The molecule has 0 aliphatic rings. The number of nitrogens with one attached hydrogen (secondary N) is 1. The predicted octanol–water partition coefficient (Wildman–Crippen LogP) is 3.52. The van der Waals surface area contributed by atoms with E-state index in [1.165, 1.54) is 0 Å². The molecular formula is C17H21N3O. The van der Waals surface area contributed by atoms with Crippen molar-refractivity contribution in [2.24, 2.45) is 0 Å². The number of hydrogen-bond acceptors (Lipinski definition) is 3. The maximum absolute atomic E-state index is 12.3. The molecule has 1 amide bonds. The van der Waals surface area contributed by atoms with Gasteiger partial charge in [-0.05, 0) is 36.1 Å². The molecule has 1 heterocycles. The van der Waals surface area contributed by atoms with Crippen LogP contribution in [0.3, 0.4) is 0 Å². The summed E-state index contributed by atoms with van der Waals surface area (Å²) in [6, 6.07) is 9.36. The van der Waals surface area contributed by atoms with E-state index >= 15 is 0 Å². The van der Waals surface area contributed by atoms with Crippen LogP contribution in [-0.2, 0) is 5.41 Å². The minimum atomic E-state index is -0.161. The van der Waals surface area contributed by atoms with Gasteiger partial charge in [-0.25, -0.2) is 0 Å². The van der Waals surface area contributed by atoms with Crippen LogP contribution >= 0.6 is 0 Å². The lowest BCUT2D eigenvalue weighted by molar-refractivity contribution is 0.102. The van der Waals surface area contributed by atoms with Crippen LogP contribution in [0.15, 0.2) is 36.5 Å². The quantitative estimate of drug-likeness (QED) is 0.886. The van der Waals surface area contributed by atoms with E-state index in [0.717, 1.165) is 11.3 Å². The monoisotopic (exact) mass is 283 g/mol. The van der Waals surface area contributed by atoms with Crippen LogP contribution in [0.5, 0.6) is 0 Å². The number of amides is 1. The number of aryl methyl sites for hydroxylation is 1. The van der Waals surface area contributed by atoms with Crippen LogP contribution < -0.4 is 11.1 Å². The Hall–Kier alpha value is -2.36. The first kappa shape index (κ1) is 15.0. The molecule has 0 atom stereocenters. The SMILES string of the molecule is Cc1ncc(NC(=O)c2cccc(C(C)(C)C)c2)cc1N. The highest BCUT2D eigenvalue weighted by atomic mass is 16.1. The van der Waals surface area contributed by atoms with Crippen molar-refractivity contribution < 1.29 is 4.79 Å². The largest absolute Gasteiger partial charge is 0.397 e. The second-order valence-electron chi connectivity index (χ2n) is 6.18. The van der Waals surface area contributed by atoms with Gasteiger partial charge >= 0.3 is 0 Å². The lowest BCUT2D eigenvalue weighted by atomic mass is 9.86. The molecule has 0 bridgehead atoms. The molecule has 1 aromatic heterocycles. The molecule has 0 unspecified atom stereocenters. The van der Waals surface area contributed by atoms with Crippen LogP contribution in [0.1, 0.15) is 42.4 Å². The first-order chi connectivity index (χ1) is 9.77. The fourth-order valence-electron chi connectivity index (χ4n) is 1.95. The Bertz CT molecular complexity index is 672. The molecule has 0 aliphatic carbocycles. The summed E-state index contributed by atoms with van der Waals surface area (Å²) in [4.78, 5) is 16.5. The van der Waals surface area contributed by atoms with Crippen molar-refractivity contribution in [1.29, 1.82) is 0 Å². The average Bonchev–Trinajstić information content (AvgIpc) is 2.42. The van der Waals surface area contributed by atoms with Crippen molar-refractivity contribution in [3.63, 3.8) is 0 Å². The lowest BCUT2D eigenvalue weighted by Crippen LogP contribution is -2.16. The van der Waals surface area contributed by atoms with Gasteiger partial charge in [0.25, 0.3) is 5.91 Å². The molecule has 0 fully saturated rings. The highest BCUT2D eigenvalue weighted by Crippen LogP contribution is 2.23. The molecule has 3 N–H and O–H groups in total. The molecular weight excluding hydrogens is 262 g/mol. The Morgan fingerprint density at radius 2 is 1.95 bits per heavy atom. The summed E-state index contributed by atoms with van der Waals surface area (Å²) in [5.74, 6) is -0.161. The fourth-order valence-corrected chi connectivity index (χ4v) is 1.95. The predicted molar refractivity (Wildman–Crippen MR) is 86.5 cm³/mol. The Morgan fingerprint density at radius 3 is 2.57 bits per heavy atom. The second-order valence-corrected chi connectivity index (χ2v) is 6.18. The van der Waals surface area contributed by atoms with E-state index < -0.39 is 0 Å². The summed E-state index contributed by atoms with van der Waals surface area (Å²) in [6.45, 7) is 8.19. The number of nitrogens with two attached hydrogens (primary N) is 1. The summed E-state index contributed by atoms with van der Waals surface area (Å²) < 4.78 is 0. The normalized spacial score (nSPS) is 11.2. The van der Waals surface area contributed by atoms with Gasteiger partial charge < -0.3 is 11.1 Å². The third kappa shape index (κ3) is 3.60. The summed E-state index contributed by atoms with van der Waals surface area (Å²) >= 11 is 0. The van der Waals surface area contributed by atoms with E-state index in [1.807, 2.05) is 25.1 Å².